The number of piperidine rings is 1. The van der Waals surface area contributed by atoms with Gasteiger partial charge in [-0.15, -0.1) is 0 Å². The Balaban J connectivity index is 2.24. The Hall–Kier alpha value is -2.50. The molecule has 0 saturated carbocycles. The van der Waals surface area contributed by atoms with Crippen molar-refractivity contribution < 1.29 is 14.3 Å². The third-order valence-corrected chi connectivity index (χ3v) is 5.74. The highest BCUT2D eigenvalue weighted by Crippen LogP contribution is 2.33. The number of aromatic nitrogens is 1. The van der Waals surface area contributed by atoms with Crippen LogP contribution in [0.4, 0.5) is 0 Å². The van der Waals surface area contributed by atoms with Crippen molar-refractivity contribution in [3.8, 4) is 11.5 Å². The van der Waals surface area contributed by atoms with Crippen molar-refractivity contribution in [2.45, 2.75) is 59.0 Å². The van der Waals surface area contributed by atoms with Crippen LogP contribution in [0.15, 0.2) is 23.1 Å². The van der Waals surface area contributed by atoms with Gasteiger partial charge in [-0.2, -0.15) is 0 Å². The van der Waals surface area contributed by atoms with E-state index in [4.69, 9.17) is 9.47 Å². The number of rotatable bonds is 6. The molecule has 1 aromatic heterocycles. The number of hydrogen-bond donors (Lipinski definition) is 0. The summed E-state index contributed by atoms with van der Waals surface area (Å²) >= 11 is 0. The van der Waals surface area contributed by atoms with Crippen LogP contribution in [0.1, 0.15) is 56.8 Å². The quantitative estimate of drug-likeness (QED) is 0.733. The van der Waals surface area contributed by atoms with Crippen molar-refractivity contribution in [3.05, 3.63) is 34.2 Å². The summed E-state index contributed by atoms with van der Waals surface area (Å²) < 4.78 is 12.5. The zero-order valence-electron chi connectivity index (χ0n) is 18.2. The predicted octanol–water partition coefficient (Wildman–Crippen LogP) is 4.08. The maximum Gasteiger partial charge on any atom is 0.258 e. The number of amides is 1. The summed E-state index contributed by atoms with van der Waals surface area (Å²) in [5.74, 6) is 1.28. The number of carbonyl (C=O) groups is 1. The largest absolute Gasteiger partial charge is 0.493 e. The first kappa shape index (κ1) is 21.2. The van der Waals surface area contributed by atoms with Gasteiger partial charge in [0.05, 0.1) is 25.2 Å². The number of fused-ring (bicyclic) bond motifs is 1. The topological polar surface area (TPSA) is 60.8 Å². The molecular weight excluding hydrogens is 368 g/mol. The zero-order chi connectivity index (χ0) is 21.1. The van der Waals surface area contributed by atoms with E-state index in [0.717, 1.165) is 32.2 Å². The molecular formula is C23H32N2O4. The highest BCUT2D eigenvalue weighted by molar-refractivity contribution is 6.07. The van der Waals surface area contributed by atoms with Crippen LogP contribution in [0, 0.1) is 5.92 Å². The first-order chi connectivity index (χ1) is 13.9. The summed E-state index contributed by atoms with van der Waals surface area (Å²) in [4.78, 5) is 28.8. The lowest BCUT2D eigenvalue weighted by molar-refractivity contribution is 0.0609. The summed E-state index contributed by atoms with van der Waals surface area (Å²) in [7, 11) is 3.10. The fraction of sp³-hybridized carbons (Fsp3) is 0.565. The second kappa shape index (κ2) is 8.89. The van der Waals surface area contributed by atoms with E-state index in [0.29, 0.717) is 34.4 Å². The van der Waals surface area contributed by atoms with Gasteiger partial charge in [0.2, 0.25) is 0 Å². The lowest BCUT2D eigenvalue weighted by atomic mass is 9.97. The minimum absolute atomic E-state index is 0.00808. The minimum Gasteiger partial charge on any atom is -0.493 e. The zero-order valence-corrected chi connectivity index (χ0v) is 18.2. The van der Waals surface area contributed by atoms with Gasteiger partial charge < -0.3 is 18.9 Å². The maximum atomic E-state index is 13.6. The molecule has 29 heavy (non-hydrogen) atoms. The van der Waals surface area contributed by atoms with E-state index in [1.165, 1.54) is 0 Å². The molecule has 2 heterocycles. The van der Waals surface area contributed by atoms with Gasteiger partial charge in [0.15, 0.2) is 11.5 Å². The molecule has 3 rings (SSSR count). The first-order valence-electron chi connectivity index (χ1n) is 10.5. The Labute approximate surface area is 172 Å². The number of ether oxygens (including phenoxy) is 2. The van der Waals surface area contributed by atoms with Gasteiger partial charge in [-0.05, 0) is 43.7 Å². The molecule has 0 N–H and O–H groups in total. The average molecular weight is 401 g/mol. The summed E-state index contributed by atoms with van der Waals surface area (Å²) in [6.07, 6.45) is 5.87. The van der Waals surface area contributed by atoms with Crippen LogP contribution in [0.5, 0.6) is 11.5 Å². The van der Waals surface area contributed by atoms with Crippen LogP contribution in [-0.2, 0) is 6.54 Å². The number of nitrogens with zero attached hydrogens (tertiary/aromatic N) is 2. The summed E-state index contributed by atoms with van der Waals surface area (Å²) in [5.41, 5.74) is 0.443. The van der Waals surface area contributed by atoms with Crippen molar-refractivity contribution >= 4 is 16.7 Å². The highest BCUT2D eigenvalue weighted by atomic mass is 16.5. The van der Waals surface area contributed by atoms with Gasteiger partial charge in [0, 0.05) is 30.7 Å². The third kappa shape index (κ3) is 4.11. The Morgan fingerprint density at radius 1 is 1.14 bits per heavy atom. The maximum absolute atomic E-state index is 13.6. The van der Waals surface area contributed by atoms with Gasteiger partial charge in [-0.25, -0.2) is 0 Å². The molecule has 1 aromatic carbocycles. The van der Waals surface area contributed by atoms with Crippen LogP contribution in [0.25, 0.3) is 10.8 Å². The molecule has 0 radical (unpaired) electrons. The molecule has 6 heteroatoms. The smallest absolute Gasteiger partial charge is 0.258 e. The predicted molar refractivity (Wildman–Crippen MR) is 115 cm³/mol. The summed E-state index contributed by atoms with van der Waals surface area (Å²) in [6, 6.07) is 3.70. The Morgan fingerprint density at radius 2 is 1.79 bits per heavy atom. The Morgan fingerprint density at radius 3 is 2.38 bits per heavy atom. The van der Waals surface area contributed by atoms with Gasteiger partial charge in [-0.1, -0.05) is 20.8 Å². The molecule has 1 atom stereocenters. The Kier molecular flexibility index (Phi) is 6.50. The number of likely N-dealkylation sites (tertiary alicyclic amines) is 1. The van der Waals surface area contributed by atoms with Crippen LogP contribution in [0.2, 0.25) is 0 Å². The molecule has 1 unspecified atom stereocenters. The summed E-state index contributed by atoms with van der Waals surface area (Å²) in [5, 5.41) is 1.11. The van der Waals surface area contributed by atoms with Crippen molar-refractivity contribution in [3.63, 3.8) is 0 Å². The molecule has 0 aliphatic carbocycles. The van der Waals surface area contributed by atoms with E-state index in [1.54, 1.807) is 37.1 Å². The normalized spacial score (nSPS) is 17.0. The third-order valence-electron chi connectivity index (χ3n) is 5.74. The monoisotopic (exact) mass is 400 g/mol. The minimum atomic E-state index is -0.114. The Bertz CT molecular complexity index is 948. The van der Waals surface area contributed by atoms with E-state index in [-0.39, 0.29) is 23.4 Å². The van der Waals surface area contributed by atoms with E-state index < -0.39 is 0 Å². The number of carbonyl (C=O) groups excluding carboxylic acids is 1. The van der Waals surface area contributed by atoms with E-state index in [2.05, 4.69) is 20.8 Å². The van der Waals surface area contributed by atoms with Crippen LogP contribution in [0.3, 0.4) is 0 Å². The SMILES string of the molecule is CCC1CCCCN1C(=O)c1cn(CC(C)C)c(=O)c2cc(OC)c(OC)cc12. The average Bonchev–Trinajstić information content (AvgIpc) is 2.73. The van der Waals surface area contributed by atoms with Crippen molar-refractivity contribution in [1.82, 2.24) is 9.47 Å². The van der Waals surface area contributed by atoms with Crippen LogP contribution >= 0.6 is 0 Å². The standard InChI is InChI=1S/C23H32N2O4/c1-6-16-9-7-8-10-25(16)23(27)19-14-24(13-15(2)3)22(26)18-12-21(29-5)20(28-4)11-17(18)19/h11-12,14-16H,6-10,13H2,1-5H3. The fourth-order valence-electron chi connectivity index (χ4n) is 4.26. The second-order valence-electron chi connectivity index (χ2n) is 8.20. The number of benzene rings is 1. The second-order valence-corrected chi connectivity index (χ2v) is 8.20. The van der Waals surface area contributed by atoms with Gasteiger partial charge >= 0.3 is 0 Å². The lowest BCUT2D eigenvalue weighted by Gasteiger charge is -2.35. The number of hydrogen-bond acceptors (Lipinski definition) is 4. The van der Waals surface area contributed by atoms with E-state index >= 15 is 0 Å². The molecule has 0 bridgehead atoms. The van der Waals surface area contributed by atoms with Gasteiger partial charge in [0.25, 0.3) is 11.5 Å². The number of pyridine rings is 1. The van der Waals surface area contributed by atoms with Crippen molar-refractivity contribution in [2.24, 2.45) is 5.92 Å². The van der Waals surface area contributed by atoms with Crippen molar-refractivity contribution in [2.75, 3.05) is 20.8 Å². The lowest BCUT2D eigenvalue weighted by Crippen LogP contribution is -2.43. The van der Waals surface area contributed by atoms with Crippen LogP contribution < -0.4 is 15.0 Å². The first-order valence-corrected chi connectivity index (χ1v) is 10.5. The van der Waals surface area contributed by atoms with Crippen LogP contribution in [-0.4, -0.2) is 42.2 Å². The van der Waals surface area contributed by atoms with Crippen molar-refractivity contribution in [1.29, 1.82) is 0 Å². The molecule has 2 aromatic rings. The molecule has 0 spiro atoms. The van der Waals surface area contributed by atoms with E-state index in [1.807, 2.05) is 4.90 Å². The molecule has 1 saturated heterocycles. The summed E-state index contributed by atoms with van der Waals surface area (Å²) in [6.45, 7) is 7.56. The molecule has 1 aliphatic rings. The van der Waals surface area contributed by atoms with Gasteiger partial charge in [0.1, 0.15) is 0 Å². The van der Waals surface area contributed by atoms with Gasteiger partial charge in [-0.3, -0.25) is 9.59 Å². The molecule has 6 nitrogen and oxygen atoms in total. The number of methoxy groups -OCH3 is 2. The molecule has 1 aliphatic heterocycles. The molecule has 158 valence electrons. The molecule has 1 fully saturated rings. The fourth-order valence-corrected chi connectivity index (χ4v) is 4.26. The molecule has 1 amide bonds. The highest BCUT2D eigenvalue weighted by Gasteiger charge is 2.28. The van der Waals surface area contributed by atoms with E-state index in [9.17, 15) is 9.59 Å².